The third kappa shape index (κ3) is 4.89. The van der Waals surface area contributed by atoms with Crippen LogP contribution in [-0.4, -0.2) is 9.67 Å². The van der Waals surface area contributed by atoms with Crippen molar-refractivity contribution in [2.45, 2.75) is 71.4 Å². The second kappa shape index (κ2) is 8.89. The predicted octanol–water partition coefficient (Wildman–Crippen LogP) is 5.27. The van der Waals surface area contributed by atoms with Gasteiger partial charge >= 0.3 is 0 Å². The number of aliphatic hydroxyl groups is 1. The highest BCUT2D eigenvalue weighted by molar-refractivity contribution is 5.80. The van der Waals surface area contributed by atoms with Crippen molar-refractivity contribution in [1.29, 1.82) is 0 Å². The average Bonchev–Trinajstić information content (AvgIpc) is 2.92. The Morgan fingerprint density at radius 3 is 2.33 bits per heavy atom. The second-order valence-corrected chi connectivity index (χ2v) is 6.04. The van der Waals surface area contributed by atoms with Gasteiger partial charge in [-0.05, 0) is 29.5 Å². The maximum atomic E-state index is 9.25. The summed E-state index contributed by atoms with van der Waals surface area (Å²) in [5.41, 5.74) is 2.25. The quantitative estimate of drug-likeness (QED) is 0.591. The number of aromatic nitrogens is 1. The number of rotatable bonds is 10. The highest BCUT2D eigenvalue weighted by Gasteiger charge is 2.02. The minimum absolute atomic E-state index is 0.124. The van der Waals surface area contributed by atoms with Crippen LogP contribution in [0.3, 0.4) is 0 Å². The van der Waals surface area contributed by atoms with E-state index in [0.717, 1.165) is 12.1 Å². The van der Waals surface area contributed by atoms with Crippen molar-refractivity contribution in [2.24, 2.45) is 0 Å². The zero-order valence-corrected chi connectivity index (χ0v) is 13.4. The molecule has 1 heterocycles. The summed E-state index contributed by atoms with van der Waals surface area (Å²) in [4.78, 5) is 0. The Hall–Kier alpha value is -1.28. The number of hydrogen-bond donors (Lipinski definition) is 1. The lowest BCUT2D eigenvalue weighted by atomic mass is 10.1. The van der Waals surface area contributed by atoms with Gasteiger partial charge in [0.05, 0.1) is 6.61 Å². The largest absolute Gasteiger partial charge is 0.392 e. The topological polar surface area (TPSA) is 25.2 Å². The van der Waals surface area contributed by atoms with Crippen molar-refractivity contribution in [3.8, 4) is 0 Å². The van der Waals surface area contributed by atoms with Crippen LogP contribution in [0.25, 0.3) is 10.9 Å². The molecular weight excluding hydrogens is 258 g/mol. The van der Waals surface area contributed by atoms with Crippen molar-refractivity contribution in [3.05, 3.63) is 36.0 Å². The summed E-state index contributed by atoms with van der Waals surface area (Å²) in [5, 5.41) is 10.5. The lowest BCUT2D eigenvalue weighted by Gasteiger charge is -2.06. The van der Waals surface area contributed by atoms with Gasteiger partial charge in [0.25, 0.3) is 0 Å². The molecule has 116 valence electrons. The molecule has 21 heavy (non-hydrogen) atoms. The fraction of sp³-hybridized carbons (Fsp3) is 0.579. The summed E-state index contributed by atoms with van der Waals surface area (Å²) in [5.74, 6) is 0. The van der Waals surface area contributed by atoms with Crippen LogP contribution in [0, 0.1) is 0 Å². The molecule has 0 aliphatic heterocycles. The second-order valence-electron chi connectivity index (χ2n) is 6.04. The van der Waals surface area contributed by atoms with Crippen LogP contribution < -0.4 is 0 Å². The molecule has 2 rings (SSSR count). The van der Waals surface area contributed by atoms with E-state index in [2.05, 4.69) is 35.9 Å². The van der Waals surface area contributed by atoms with Crippen LogP contribution >= 0.6 is 0 Å². The number of hydrogen-bond acceptors (Lipinski definition) is 1. The Morgan fingerprint density at radius 1 is 0.905 bits per heavy atom. The summed E-state index contributed by atoms with van der Waals surface area (Å²) in [6.45, 7) is 3.48. The lowest BCUT2D eigenvalue weighted by Crippen LogP contribution is -1.96. The van der Waals surface area contributed by atoms with E-state index in [1.54, 1.807) is 0 Å². The third-order valence-electron chi connectivity index (χ3n) is 4.27. The van der Waals surface area contributed by atoms with E-state index >= 15 is 0 Å². The normalized spacial score (nSPS) is 11.3. The van der Waals surface area contributed by atoms with Crippen LogP contribution in [0.2, 0.25) is 0 Å². The van der Waals surface area contributed by atoms with Crippen LogP contribution in [0.1, 0.15) is 63.9 Å². The lowest BCUT2D eigenvalue weighted by molar-refractivity contribution is 0.282. The predicted molar refractivity (Wildman–Crippen MR) is 90.5 cm³/mol. The molecule has 1 aromatic heterocycles. The monoisotopic (exact) mass is 287 g/mol. The van der Waals surface area contributed by atoms with Gasteiger partial charge in [-0.1, -0.05) is 64.0 Å². The molecular formula is C19H29NO. The van der Waals surface area contributed by atoms with Crippen molar-refractivity contribution in [3.63, 3.8) is 0 Å². The van der Waals surface area contributed by atoms with Gasteiger partial charge in [-0.15, -0.1) is 0 Å². The number of aliphatic hydroxyl groups excluding tert-OH is 1. The van der Waals surface area contributed by atoms with Crippen molar-refractivity contribution in [1.82, 2.24) is 4.57 Å². The minimum Gasteiger partial charge on any atom is -0.392 e. The standard InChI is InChI=1S/C19H29NO/c1-2-3-4-5-6-7-8-9-13-20-14-12-18-11-10-17(16-21)15-19(18)20/h10-12,14-15,21H,2-9,13,16H2,1H3. The van der Waals surface area contributed by atoms with Gasteiger partial charge in [-0.25, -0.2) is 0 Å². The van der Waals surface area contributed by atoms with E-state index in [-0.39, 0.29) is 6.61 Å². The highest BCUT2D eigenvalue weighted by Crippen LogP contribution is 2.19. The number of fused-ring (bicyclic) bond motifs is 1. The van der Waals surface area contributed by atoms with Crippen LogP contribution in [0.5, 0.6) is 0 Å². The molecule has 0 saturated heterocycles. The molecule has 0 amide bonds. The van der Waals surface area contributed by atoms with Gasteiger partial charge < -0.3 is 9.67 Å². The van der Waals surface area contributed by atoms with Gasteiger partial charge in [-0.3, -0.25) is 0 Å². The van der Waals surface area contributed by atoms with E-state index in [4.69, 9.17) is 0 Å². The maximum Gasteiger partial charge on any atom is 0.0682 e. The number of nitrogens with zero attached hydrogens (tertiary/aromatic N) is 1. The maximum absolute atomic E-state index is 9.25. The molecule has 0 radical (unpaired) electrons. The van der Waals surface area contributed by atoms with Crippen molar-refractivity contribution >= 4 is 10.9 Å². The number of aryl methyl sites for hydroxylation is 1. The first-order valence-corrected chi connectivity index (χ1v) is 8.53. The Bertz CT molecular complexity index is 529. The summed E-state index contributed by atoms with van der Waals surface area (Å²) in [6.07, 6.45) is 13.0. The molecule has 2 nitrogen and oxygen atoms in total. The zero-order valence-electron chi connectivity index (χ0n) is 13.4. The molecule has 2 aromatic rings. The van der Waals surface area contributed by atoms with Crippen molar-refractivity contribution in [2.75, 3.05) is 0 Å². The van der Waals surface area contributed by atoms with E-state index in [1.165, 1.54) is 62.3 Å². The van der Waals surface area contributed by atoms with Gasteiger partial charge in [0.1, 0.15) is 0 Å². The van der Waals surface area contributed by atoms with Gasteiger partial charge in [0.2, 0.25) is 0 Å². The summed E-state index contributed by atoms with van der Waals surface area (Å²) in [7, 11) is 0. The summed E-state index contributed by atoms with van der Waals surface area (Å²) < 4.78 is 2.32. The molecule has 0 aliphatic carbocycles. The number of benzene rings is 1. The third-order valence-corrected chi connectivity index (χ3v) is 4.27. The molecule has 0 unspecified atom stereocenters. The van der Waals surface area contributed by atoms with E-state index in [1.807, 2.05) is 6.07 Å². The first-order valence-electron chi connectivity index (χ1n) is 8.53. The fourth-order valence-corrected chi connectivity index (χ4v) is 2.94. The fourth-order valence-electron chi connectivity index (χ4n) is 2.94. The highest BCUT2D eigenvalue weighted by atomic mass is 16.3. The molecule has 1 N–H and O–H groups in total. The molecule has 2 heteroatoms. The van der Waals surface area contributed by atoms with Crippen LogP contribution in [0.15, 0.2) is 30.5 Å². The Balaban J connectivity index is 1.73. The Kier molecular flexibility index (Phi) is 6.81. The molecule has 0 aliphatic rings. The molecule has 0 atom stereocenters. The summed E-state index contributed by atoms with van der Waals surface area (Å²) in [6, 6.07) is 8.38. The average molecular weight is 287 g/mol. The molecule has 0 bridgehead atoms. The van der Waals surface area contributed by atoms with Gasteiger partial charge in [-0.2, -0.15) is 0 Å². The zero-order chi connectivity index (χ0) is 14.9. The Labute approximate surface area is 128 Å². The molecule has 0 saturated carbocycles. The summed E-state index contributed by atoms with van der Waals surface area (Å²) >= 11 is 0. The van der Waals surface area contributed by atoms with E-state index in [0.29, 0.717) is 0 Å². The Morgan fingerprint density at radius 2 is 1.62 bits per heavy atom. The first-order chi connectivity index (χ1) is 10.3. The number of unbranched alkanes of at least 4 members (excludes halogenated alkanes) is 7. The molecule has 0 spiro atoms. The van der Waals surface area contributed by atoms with Gasteiger partial charge in [0.15, 0.2) is 0 Å². The minimum atomic E-state index is 0.124. The van der Waals surface area contributed by atoms with E-state index < -0.39 is 0 Å². The SMILES string of the molecule is CCCCCCCCCCn1ccc2ccc(CO)cc21. The van der Waals surface area contributed by atoms with Crippen LogP contribution in [-0.2, 0) is 13.2 Å². The molecule has 1 aromatic carbocycles. The van der Waals surface area contributed by atoms with Gasteiger partial charge in [0, 0.05) is 18.3 Å². The molecule has 0 fully saturated rings. The smallest absolute Gasteiger partial charge is 0.0682 e. The van der Waals surface area contributed by atoms with Crippen LogP contribution in [0.4, 0.5) is 0 Å². The first kappa shape index (κ1) is 16.1. The van der Waals surface area contributed by atoms with Crippen molar-refractivity contribution < 1.29 is 5.11 Å². The van der Waals surface area contributed by atoms with E-state index in [9.17, 15) is 5.11 Å².